The van der Waals surface area contributed by atoms with Crippen LogP contribution in [0.2, 0.25) is 0 Å². The average molecular weight is 434 g/mol. The van der Waals surface area contributed by atoms with Crippen molar-refractivity contribution in [1.29, 1.82) is 0 Å². The van der Waals surface area contributed by atoms with Crippen molar-refractivity contribution in [2.75, 3.05) is 49.9 Å². The van der Waals surface area contributed by atoms with E-state index < -0.39 is 17.6 Å². The number of amides is 2. The van der Waals surface area contributed by atoms with E-state index in [9.17, 15) is 22.8 Å². The van der Waals surface area contributed by atoms with Gasteiger partial charge < -0.3 is 15.5 Å². The van der Waals surface area contributed by atoms with Gasteiger partial charge in [-0.2, -0.15) is 13.2 Å². The zero-order valence-electron chi connectivity index (χ0n) is 17.2. The van der Waals surface area contributed by atoms with E-state index in [1.54, 1.807) is 12.1 Å². The third-order valence-electron chi connectivity index (χ3n) is 5.14. The lowest BCUT2D eigenvalue weighted by atomic mass is 10.1. The largest absolute Gasteiger partial charge is 0.416 e. The first kappa shape index (κ1) is 22.8. The highest BCUT2D eigenvalue weighted by atomic mass is 19.4. The molecule has 0 bridgehead atoms. The van der Waals surface area contributed by atoms with Crippen molar-refractivity contribution in [3.05, 3.63) is 59.7 Å². The molecule has 0 unspecified atom stereocenters. The normalized spacial score (nSPS) is 15.5. The van der Waals surface area contributed by atoms with Crippen LogP contribution < -0.4 is 10.6 Å². The maximum Gasteiger partial charge on any atom is 0.416 e. The van der Waals surface area contributed by atoms with Crippen LogP contribution in [-0.4, -0.2) is 60.9 Å². The Balaban J connectivity index is 1.58. The first-order valence-electron chi connectivity index (χ1n) is 10.1. The lowest BCUT2D eigenvalue weighted by molar-refractivity contribution is -0.137. The molecule has 2 aromatic rings. The lowest BCUT2D eigenvalue weighted by Crippen LogP contribution is -2.48. The predicted octanol–water partition coefficient (Wildman–Crippen LogP) is 3.53. The molecule has 2 amide bonds. The molecule has 0 aromatic heterocycles. The molecule has 0 saturated carbocycles. The minimum atomic E-state index is -4.49. The van der Waals surface area contributed by atoms with Gasteiger partial charge in [-0.25, -0.2) is 0 Å². The number of carbonyl (C=O) groups is 2. The molecule has 31 heavy (non-hydrogen) atoms. The fraction of sp³-hybridized carbons (Fsp3) is 0.364. The van der Waals surface area contributed by atoms with Gasteiger partial charge in [-0.3, -0.25) is 14.5 Å². The Kier molecular flexibility index (Phi) is 7.29. The van der Waals surface area contributed by atoms with E-state index in [2.05, 4.69) is 27.4 Å². The molecule has 0 spiro atoms. The van der Waals surface area contributed by atoms with Gasteiger partial charge in [-0.15, -0.1) is 0 Å². The summed E-state index contributed by atoms with van der Waals surface area (Å²) >= 11 is 0. The summed E-state index contributed by atoms with van der Waals surface area (Å²) in [7, 11) is 0. The maximum absolute atomic E-state index is 12.8. The predicted molar refractivity (Wildman–Crippen MR) is 113 cm³/mol. The van der Waals surface area contributed by atoms with E-state index >= 15 is 0 Å². The molecular weight excluding hydrogens is 409 g/mol. The number of nitrogens with one attached hydrogen (secondary N) is 2. The summed E-state index contributed by atoms with van der Waals surface area (Å²) in [5.74, 6) is -0.744. The third kappa shape index (κ3) is 6.53. The molecule has 166 valence electrons. The van der Waals surface area contributed by atoms with Crippen LogP contribution in [0.5, 0.6) is 0 Å². The zero-order valence-corrected chi connectivity index (χ0v) is 17.2. The number of carbonyl (C=O) groups excluding carboxylic acids is 2. The highest BCUT2D eigenvalue weighted by molar-refractivity contribution is 6.05. The minimum absolute atomic E-state index is 0.0421. The lowest BCUT2D eigenvalue weighted by Gasteiger charge is -2.33. The Morgan fingerprint density at radius 3 is 2.16 bits per heavy atom. The second kappa shape index (κ2) is 9.93. The Hall–Kier alpha value is -2.91. The molecule has 1 aliphatic rings. The van der Waals surface area contributed by atoms with Crippen molar-refractivity contribution in [1.82, 2.24) is 9.80 Å². The van der Waals surface area contributed by atoms with Gasteiger partial charge in [0.25, 0.3) is 5.91 Å². The summed E-state index contributed by atoms with van der Waals surface area (Å²) in [6.07, 6.45) is -4.49. The second-order valence-corrected chi connectivity index (χ2v) is 7.37. The highest BCUT2D eigenvalue weighted by Gasteiger charge is 2.30. The second-order valence-electron chi connectivity index (χ2n) is 7.37. The van der Waals surface area contributed by atoms with E-state index in [0.29, 0.717) is 5.69 Å². The number of alkyl halides is 3. The number of piperazine rings is 1. The van der Waals surface area contributed by atoms with E-state index in [1.807, 2.05) is 0 Å². The molecule has 0 atom stereocenters. The van der Waals surface area contributed by atoms with Crippen molar-refractivity contribution < 1.29 is 22.8 Å². The topological polar surface area (TPSA) is 64.7 Å². The molecule has 1 fully saturated rings. The standard InChI is InChI=1S/C22H25F3N4O2/c1-2-28-9-11-29(12-10-28)15-20(30)26-18-7-3-5-16(13-18)21(31)27-19-8-4-6-17(14-19)22(23,24)25/h3-8,13-14H,2,9-12,15H2,1H3,(H,26,30)(H,27,31). The summed E-state index contributed by atoms with van der Waals surface area (Å²) in [5.41, 5.74) is -0.118. The molecule has 1 heterocycles. The minimum Gasteiger partial charge on any atom is -0.325 e. The Morgan fingerprint density at radius 2 is 1.52 bits per heavy atom. The number of rotatable bonds is 6. The van der Waals surface area contributed by atoms with Crippen LogP contribution in [0.1, 0.15) is 22.8 Å². The molecule has 2 N–H and O–H groups in total. The van der Waals surface area contributed by atoms with Crippen molar-refractivity contribution in [2.24, 2.45) is 0 Å². The quantitative estimate of drug-likeness (QED) is 0.730. The SMILES string of the molecule is CCN1CCN(CC(=O)Nc2cccc(C(=O)Nc3cccc(C(F)(F)F)c3)c2)CC1. The summed E-state index contributed by atoms with van der Waals surface area (Å²) in [5, 5.41) is 5.24. The molecule has 1 aliphatic heterocycles. The number of halogens is 3. The van der Waals surface area contributed by atoms with Gasteiger partial charge in [0.1, 0.15) is 0 Å². The van der Waals surface area contributed by atoms with Crippen LogP contribution in [0, 0.1) is 0 Å². The number of likely N-dealkylation sites (N-methyl/N-ethyl adjacent to an activating group) is 1. The highest BCUT2D eigenvalue weighted by Crippen LogP contribution is 2.30. The Bertz CT molecular complexity index is 925. The first-order valence-corrected chi connectivity index (χ1v) is 10.1. The number of hydrogen-bond donors (Lipinski definition) is 2. The van der Waals surface area contributed by atoms with E-state index in [0.717, 1.165) is 44.9 Å². The molecule has 1 saturated heterocycles. The van der Waals surface area contributed by atoms with Crippen molar-refractivity contribution in [3.63, 3.8) is 0 Å². The smallest absolute Gasteiger partial charge is 0.325 e. The van der Waals surface area contributed by atoms with E-state index in [1.165, 1.54) is 24.3 Å². The number of hydrogen-bond acceptors (Lipinski definition) is 4. The molecule has 0 aliphatic carbocycles. The molecular formula is C22H25F3N4O2. The molecule has 6 nitrogen and oxygen atoms in total. The van der Waals surface area contributed by atoms with Gasteiger partial charge in [0.05, 0.1) is 12.1 Å². The first-order chi connectivity index (χ1) is 14.7. The van der Waals surface area contributed by atoms with Crippen LogP contribution >= 0.6 is 0 Å². The van der Waals surface area contributed by atoms with Gasteiger partial charge in [0, 0.05) is 43.1 Å². The van der Waals surface area contributed by atoms with E-state index in [4.69, 9.17) is 0 Å². The summed E-state index contributed by atoms with van der Waals surface area (Å²) in [6.45, 7) is 6.86. The summed E-state index contributed by atoms with van der Waals surface area (Å²) < 4.78 is 38.5. The molecule has 0 radical (unpaired) electrons. The van der Waals surface area contributed by atoms with Gasteiger partial charge in [0.15, 0.2) is 0 Å². The molecule has 3 rings (SSSR count). The number of benzene rings is 2. The van der Waals surface area contributed by atoms with Gasteiger partial charge in [-0.1, -0.05) is 19.1 Å². The fourth-order valence-corrected chi connectivity index (χ4v) is 3.38. The zero-order chi connectivity index (χ0) is 22.4. The third-order valence-corrected chi connectivity index (χ3v) is 5.14. The van der Waals surface area contributed by atoms with Gasteiger partial charge >= 0.3 is 6.18 Å². The van der Waals surface area contributed by atoms with E-state index in [-0.39, 0.29) is 23.7 Å². The number of nitrogens with zero attached hydrogens (tertiary/aromatic N) is 2. The summed E-state index contributed by atoms with van der Waals surface area (Å²) in [4.78, 5) is 29.2. The van der Waals surface area contributed by atoms with Crippen molar-refractivity contribution in [3.8, 4) is 0 Å². The molecule has 9 heteroatoms. The monoisotopic (exact) mass is 434 g/mol. The average Bonchev–Trinajstić information content (AvgIpc) is 2.74. The number of anilines is 2. The van der Waals surface area contributed by atoms with Crippen LogP contribution in [-0.2, 0) is 11.0 Å². The van der Waals surface area contributed by atoms with Crippen LogP contribution in [0.25, 0.3) is 0 Å². The maximum atomic E-state index is 12.8. The Morgan fingerprint density at radius 1 is 0.903 bits per heavy atom. The Labute approximate surface area is 179 Å². The van der Waals surface area contributed by atoms with Crippen LogP contribution in [0.4, 0.5) is 24.5 Å². The van der Waals surface area contributed by atoms with Crippen molar-refractivity contribution in [2.45, 2.75) is 13.1 Å². The van der Waals surface area contributed by atoms with Crippen molar-refractivity contribution >= 4 is 23.2 Å². The summed E-state index contributed by atoms with van der Waals surface area (Å²) in [6, 6.07) is 10.7. The fourth-order valence-electron chi connectivity index (χ4n) is 3.38. The van der Waals surface area contributed by atoms with Gasteiger partial charge in [0.2, 0.25) is 5.91 Å². The van der Waals surface area contributed by atoms with Gasteiger partial charge in [-0.05, 0) is 42.9 Å². The van der Waals surface area contributed by atoms with Crippen LogP contribution in [0.3, 0.4) is 0 Å². The van der Waals surface area contributed by atoms with Crippen LogP contribution in [0.15, 0.2) is 48.5 Å². The molecule has 2 aromatic carbocycles.